The standard InChI is InChI=1S/C19H22F2N2O2/c1-2-3-4-5-6-7-8-13-11-22-18(23-12-13)14-9-10-15(19(24)25)17(21)16(14)20/h9-12H,2-8H2,1H3,(H,24,25). The molecule has 0 radical (unpaired) electrons. The first-order chi connectivity index (χ1) is 12.0. The van der Waals surface area contributed by atoms with Gasteiger partial charge in [0, 0.05) is 12.4 Å². The van der Waals surface area contributed by atoms with Gasteiger partial charge in [0.25, 0.3) is 0 Å². The fourth-order valence-electron chi connectivity index (χ4n) is 2.62. The second-order valence-electron chi connectivity index (χ2n) is 6.03. The van der Waals surface area contributed by atoms with Gasteiger partial charge in [-0.15, -0.1) is 0 Å². The molecule has 0 fully saturated rings. The maximum Gasteiger partial charge on any atom is 0.338 e. The van der Waals surface area contributed by atoms with Crippen LogP contribution in [0.2, 0.25) is 0 Å². The van der Waals surface area contributed by atoms with Gasteiger partial charge in [0.15, 0.2) is 17.5 Å². The first-order valence-electron chi connectivity index (χ1n) is 8.57. The maximum absolute atomic E-state index is 14.0. The zero-order valence-corrected chi connectivity index (χ0v) is 14.3. The summed E-state index contributed by atoms with van der Waals surface area (Å²) in [6, 6.07) is 2.20. The highest BCUT2D eigenvalue weighted by Crippen LogP contribution is 2.24. The topological polar surface area (TPSA) is 63.1 Å². The lowest BCUT2D eigenvalue weighted by Crippen LogP contribution is -2.05. The molecule has 0 amide bonds. The third-order valence-corrected chi connectivity index (χ3v) is 4.08. The molecule has 1 aromatic carbocycles. The van der Waals surface area contributed by atoms with E-state index in [1.54, 1.807) is 12.4 Å². The minimum Gasteiger partial charge on any atom is -0.478 e. The molecule has 0 spiro atoms. The smallest absolute Gasteiger partial charge is 0.338 e. The predicted molar refractivity (Wildman–Crippen MR) is 91.4 cm³/mol. The number of aromatic carboxylic acids is 1. The molecular formula is C19H22F2N2O2. The molecule has 1 aromatic heterocycles. The van der Waals surface area contributed by atoms with Gasteiger partial charge in [-0.05, 0) is 30.5 Å². The average Bonchev–Trinajstić information content (AvgIpc) is 2.60. The lowest BCUT2D eigenvalue weighted by atomic mass is 10.1. The van der Waals surface area contributed by atoms with Crippen molar-refractivity contribution in [3.8, 4) is 11.4 Å². The Labute approximate surface area is 145 Å². The summed E-state index contributed by atoms with van der Waals surface area (Å²) in [5.41, 5.74) is 0.0943. The Morgan fingerprint density at radius 2 is 1.64 bits per heavy atom. The van der Waals surface area contributed by atoms with E-state index in [4.69, 9.17) is 5.11 Å². The Kier molecular flexibility index (Phi) is 6.98. The summed E-state index contributed by atoms with van der Waals surface area (Å²) < 4.78 is 27.8. The summed E-state index contributed by atoms with van der Waals surface area (Å²) in [6.45, 7) is 2.18. The predicted octanol–water partition coefficient (Wildman–Crippen LogP) is 5.02. The number of halogens is 2. The molecule has 0 unspecified atom stereocenters. The highest BCUT2D eigenvalue weighted by Gasteiger charge is 2.19. The van der Waals surface area contributed by atoms with Crippen molar-refractivity contribution in [1.29, 1.82) is 0 Å². The molecule has 0 aliphatic rings. The summed E-state index contributed by atoms with van der Waals surface area (Å²) in [6.07, 6.45) is 11.2. The van der Waals surface area contributed by atoms with Crippen LogP contribution in [0, 0.1) is 11.6 Å². The van der Waals surface area contributed by atoms with Crippen LogP contribution in [0.1, 0.15) is 61.4 Å². The molecule has 134 valence electrons. The number of carboxylic acid groups (broad SMARTS) is 1. The summed E-state index contributed by atoms with van der Waals surface area (Å²) in [5.74, 6) is -4.12. The van der Waals surface area contributed by atoms with Crippen LogP contribution in [0.4, 0.5) is 8.78 Å². The summed E-state index contributed by atoms with van der Waals surface area (Å²) in [7, 11) is 0. The Morgan fingerprint density at radius 1 is 1.00 bits per heavy atom. The zero-order chi connectivity index (χ0) is 18.2. The van der Waals surface area contributed by atoms with Crippen molar-refractivity contribution in [1.82, 2.24) is 9.97 Å². The number of benzene rings is 1. The molecule has 0 aliphatic carbocycles. The molecule has 0 saturated heterocycles. The Morgan fingerprint density at radius 3 is 2.28 bits per heavy atom. The molecule has 0 bridgehead atoms. The first-order valence-corrected chi connectivity index (χ1v) is 8.57. The maximum atomic E-state index is 14.0. The van der Waals surface area contributed by atoms with Crippen LogP contribution in [0.5, 0.6) is 0 Å². The van der Waals surface area contributed by atoms with Crippen LogP contribution in [0.15, 0.2) is 24.5 Å². The number of aryl methyl sites for hydroxylation is 1. The van der Waals surface area contributed by atoms with Crippen LogP contribution >= 0.6 is 0 Å². The lowest BCUT2D eigenvalue weighted by Gasteiger charge is -2.06. The van der Waals surface area contributed by atoms with Gasteiger partial charge in [-0.25, -0.2) is 23.5 Å². The number of unbranched alkanes of at least 4 members (excludes halogenated alkanes) is 5. The van der Waals surface area contributed by atoms with E-state index in [9.17, 15) is 13.6 Å². The van der Waals surface area contributed by atoms with Crippen LogP contribution in [-0.2, 0) is 6.42 Å². The van der Waals surface area contributed by atoms with Crippen LogP contribution in [0.25, 0.3) is 11.4 Å². The van der Waals surface area contributed by atoms with Gasteiger partial charge in [-0.3, -0.25) is 0 Å². The SMILES string of the molecule is CCCCCCCCc1cnc(-c2ccc(C(=O)O)c(F)c2F)nc1. The summed E-state index contributed by atoms with van der Waals surface area (Å²) >= 11 is 0. The molecule has 0 saturated carbocycles. The van der Waals surface area contributed by atoms with Gasteiger partial charge in [-0.2, -0.15) is 0 Å². The van der Waals surface area contributed by atoms with Crippen LogP contribution in [0.3, 0.4) is 0 Å². The first kappa shape index (κ1) is 19.0. The van der Waals surface area contributed by atoms with Crippen molar-refractivity contribution in [3.05, 3.63) is 47.3 Å². The molecule has 6 heteroatoms. The highest BCUT2D eigenvalue weighted by atomic mass is 19.2. The number of hydrogen-bond donors (Lipinski definition) is 1. The monoisotopic (exact) mass is 348 g/mol. The molecule has 1 N–H and O–H groups in total. The van der Waals surface area contributed by atoms with Crippen molar-refractivity contribution >= 4 is 5.97 Å². The highest BCUT2D eigenvalue weighted by molar-refractivity contribution is 5.88. The summed E-state index contributed by atoms with van der Waals surface area (Å²) in [4.78, 5) is 19.0. The Balaban J connectivity index is 2.00. The average molecular weight is 348 g/mol. The fraction of sp³-hybridized carbons (Fsp3) is 0.421. The van der Waals surface area contributed by atoms with E-state index in [-0.39, 0.29) is 11.4 Å². The molecule has 2 rings (SSSR count). The van der Waals surface area contributed by atoms with Gasteiger partial charge in [-0.1, -0.05) is 39.0 Å². The van der Waals surface area contributed by atoms with E-state index < -0.39 is 23.2 Å². The molecule has 0 atom stereocenters. The summed E-state index contributed by atoms with van der Waals surface area (Å²) in [5, 5.41) is 8.80. The van der Waals surface area contributed by atoms with Crippen molar-refractivity contribution in [2.75, 3.05) is 0 Å². The van der Waals surface area contributed by atoms with Crippen molar-refractivity contribution in [2.45, 2.75) is 51.9 Å². The van der Waals surface area contributed by atoms with E-state index in [2.05, 4.69) is 16.9 Å². The van der Waals surface area contributed by atoms with Crippen molar-refractivity contribution < 1.29 is 18.7 Å². The second-order valence-corrected chi connectivity index (χ2v) is 6.03. The molecule has 1 heterocycles. The largest absolute Gasteiger partial charge is 0.478 e. The van der Waals surface area contributed by atoms with Crippen LogP contribution < -0.4 is 0 Å². The van der Waals surface area contributed by atoms with E-state index >= 15 is 0 Å². The van der Waals surface area contributed by atoms with Crippen LogP contribution in [-0.4, -0.2) is 21.0 Å². The zero-order valence-electron chi connectivity index (χ0n) is 14.3. The number of carbonyl (C=O) groups is 1. The minimum atomic E-state index is -1.52. The fourth-order valence-corrected chi connectivity index (χ4v) is 2.62. The van der Waals surface area contributed by atoms with E-state index in [0.29, 0.717) is 0 Å². The van der Waals surface area contributed by atoms with E-state index in [0.717, 1.165) is 30.9 Å². The van der Waals surface area contributed by atoms with Gasteiger partial charge >= 0.3 is 5.97 Å². The Bertz CT molecular complexity index is 718. The lowest BCUT2D eigenvalue weighted by molar-refractivity contribution is 0.0690. The Hall–Kier alpha value is -2.37. The minimum absolute atomic E-state index is 0.0417. The quantitative estimate of drug-likeness (QED) is 0.646. The van der Waals surface area contributed by atoms with Crippen molar-refractivity contribution in [2.24, 2.45) is 0 Å². The number of aromatic nitrogens is 2. The molecular weight excluding hydrogens is 326 g/mol. The number of nitrogens with zero attached hydrogens (tertiary/aromatic N) is 2. The molecule has 0 aliphatic heterocycles. The third-order valence-electron chi connectivity index (χ3n) is 4.08. The van der Waals surface area contributed by atoms with Crippen molar-refractivity contribution in [3.63, 3.8) is 0 Å². The molecule has 4 nitrogen and oxygen atoms in total. The van der Waals surface area contributed by atoms with Gasteiger partial charge in [0.05, 0.1) is 11.1 Å². The number of hydrogen-bond acceptors (Lipinski definition) is 3. The van der Waals surface area contributed by atoms with E-state index in [1.807, 2.05) is 0 Å². The van der Waals surface area contributed by atoms with Gasteiger partial charge in [0.1, 0.15) is 0 Å². The van der Waals surface area contributed by atoms with E-state index in [1.165, 1.54) is 31.7 Å². The normalized spacial score (nSPS) is 10.8. The van der Waals surface area contributed by atoms with Gasteiger partial charge in [0.2, 0.25) is 0 Å². The molecule has 2 aromatic rings. The number of rotatable bonds is 9. The molecule has 25 heavy (non-hydrogen) atoms. The van der Waals surface area contributed by atoms with Gasteiger partial charge < -0.3 is 5.11 Å². The number of carboxylic acids is 1. The third kappa shape index (κ3) is 5.05. The second kappa shape index (κ2) is 9.20.